The second kappa shape index (κ2) is 21.8. The van der Waals surface area contributed by atoms with Gasteiger partial charge in [0, 0.05) is 12.5 Å². The summed E-state index contributed by atoms with van der Waals surface area (Å²) < 4.78 is 5.17. The fourth-order valence-corrected chi connectivity index (χ4v) is 2.73. The molecule has 2 rings (SSSR count). The van der Waals surface area contributed by atoms with Gasteiger partial charge < -0.3 is 15.1 Å². The highest BCUT2D eigenvalue weighted by Gasteiger charge is 2.22. The van der Waals surface area contributed by atoms with E-state index in [2.05, 4.69) is 86.7 Å². The van der Waals surface area contributed by atoms with Crippen LogP contribution in [-0.4, -0.2) is 41.3 Å². The third-order valence-electron chi connectivity index (χ3n) is 4.22. The lowest BCUT2D eigenvalue weighted by Gasteiger charge is -2.34. The minimum absolute atomic E-state index is 0.675. The molecule has 1 aliphatic rings. The Morgan fingerprint density at radius 2 is 1.61 bits per heavy atom. The average molecular weight is 395 g/mol. The van der Waals surface area contributed by atoms with Crippen molar-refractivity contribution in [2.75, 3.05) is 20.1 Å². The summed E-state index contributed by atoms with van der Waals surface area (Å²) in [7, 11) is 1.50. The molecule has 0 aliphatic carbocycles. The van der Waals surface area contributed by atoms with Crippen molar-refractivity contribution in [3.8, 4) is 0 Å². The highest BCUT2D eigenvalue weighted by molar-refractivity contribution is 4.84. The van der Waals surface area contributed by atoms with E-state index < -0.39 is 0 Å². The van der Waals surface area contributed by atoms with Crippen molar-refractivity contribution in [3.05, 3.63) is 36.6 Å². The van der Waals surface area contributed by atoms with Crippen LogP contribution < -0.4 is 5.73 Å². The van der Waals surface area contributed by atoms with Gasteiger partial charge in [0.1, 0.15) is 0 Å². The third-order valence-corrected chi connectivity index (χ3v) is 4.22. The van der Waals surface area contributed by atoms with E-state index in [1.54, 1.807) is 0 Å². The van der Waals surface area contributed by atoms with Gasteiger partial charge in [0.15, 0.2) is 0 Å². The Bertz CT molecular complexity index is 435. The summed E-state index contributed by atoms with van der Waals surface area (Å²) in [6.45, 7) is 15.3. The van der Waals surface area contributed by atoms with Gasteiger partial charge in [-0.3, -0.25) is 0 Å². The van der Waals surface area contributed by atoms with Crippen molar-refractivity contribution in [1.82, 2.24) is 15.1 Å². The zero-order chi connectivity index (χ0) is 21.6. The SMILES string of the molecule is C/C=C\CC/C=C/C.CC(C)N1CCC(Cc2nnco2)CC1.CCC.CN. The van der Waals surface area contributed by atoms with E-state index in [1.165, 1.54) is 58.6 Å². The number of likely N-dealkylation sites (tertiary alicyclic amines) is 1. The quantitative estimate of drug-likeness (QED) is 0.499. The van der Waals surface area contributed by atoms with Crippen molar-refractivity contribution in [2.45, 2.75) is 86.1 Å². The minimum Gasteiger partial charge on any atom is -0.428 e. The van der Waals surface area contributed by atoms with E-state index in [9.17, 15) is 0 Å². The molecule has 0 amide bonds. The van der Waals surface area contributed by atoms with E-state index in [1.807, 2.05) is 0 Å². The summed E-state index contributed by atoms with van der Waals surface area (Å²) in [4.78, 5) is 2.53. The molecule has 0 radical (unpaired) electrons. The van der Waals surface area contributed by atoms with Crippen LogP contribution in [0.1, 0.15) is 79.5 Å². The lowest BCUT2D eigenvalue weighted by Crippen LogP contribution is -2.38. The molecular weight excluding hydrogens is 348 g/mol. The molecule has 1 aromatic rings. The Morgan fingerprint density at radius 3 is 1.96 bits per heavy atom. The summed E-state index contributed by atoms with van der Waals surface area (Å²) in [5, 5.41) is 7.64. The van der Waals surface area contributed by atoms with E-state index >= 15 is 0 Å². The molecule has 0 bridgehead atoms. The van der Waals surface area contributed by atoms with Crippen LogP contribution >= 0.6 is 0 Å². The topological polar surface area (TPSA) is 68.2 Å². The summed E-state index contributed by atoms with van der Waals surface area (Å²) in [6.07, 6.45) is 17.0. The molecule has 28 heavy (non-hydrogen) atoms. The molecule has 1 aliphatic heterocycles. The number of hydrogen-bond acceptors (Lipinski definition) is 5. The van der Waals surface area contributed by atoms with Crippen molar-refractivity contribution in [3.63, 3.8) is 0 Å². The maximum atomic E-state index is 5.17. The van der Waals surface area contributed by atoms with Gasteiger partial charge in [0.25, 0.3) is 0 Å². The highest BCUT2D eigenvalue weighted by atomic mass is 16.4. The van der Waals surface area contributed by atoms with Crippen LogP contribution in [0, 0.1) is 5.92 Å². The maximum absolute atomic E-state index is 5.17. The molecule has 0 unspecified atom stereocenters. The maximum Gasteiger partial charge on any atom is 0.216 e. The van der Waals surface area contributed by atoms with E-state index in [0.29, 0.717) is 6.04 Å². The predicted molar refractivity (Wildman–Crippen MR) is 122 cm³/mol. The predicted octanol–water partition coefficient (Wildman–Crippen LogP) is 5.64. The second-order valence-electron chi connectivity index (χ2n) is 7.03. The molecule has 2 N–H and O–H groups in total. The lowest BCUT2D eigenvalue weighted by atomic mass is 9.93. The molecule has 164 valence electrons. The molecule has 0 saturated carbocycles. The Morgan fingerprint density at radius 1 is 1.11 bits per heavy atom. The number of nitrogens with two attached hydrogens (primary N) is 1. The van der Waals surface area contributed by atoms with Gasteiger partial charge in [0.05, 0.1) is 0 Å². The van der Waals surface area contributed by atoms with E-state index in [-0.39, 0.29) is 0 Å². The largest absolute Gasteiger partial charge is 0.428 e. The number of hydrogen-bond donors (Lipinski definition) is 1. The fourth-order valence-electron chi connectivity index (χ4n) is 2.73. The summed E-state index contributed by atoms with van der Waals surface area (Å²) in [6, 6.07) is 0.675. The molecule has 1 fully saturated rings. The van der Waals surface area contributed by atoms with Gasteiger partial charge in [-0.05, 0) is 79.4 Å². The van der Waals surface area contributed by atoms with Crippen molar-refractivity contribution in [2.24, 2.45) is 11.7 Å². The first-order chi connectivity index (χ1) is 13.6. The average Bonchev–Trinajstić information content (AvgIpc) is 3.22. The van der Waals surface area contributed by atoms with E-state index in [0.717, 1.165) is 18.2 Å². The summed E-state index contributed by atoms with van der Waals surface area (Å²) >= 11 is 0. The zero-order valence-electron chi connectivity index (χ0n) is 19.5. The van der Waals surface area contributed by atoms with Crippen LogP contribution in [0.15, 0.2) is 35.1 Å². The molecule has 1 saturated heterocycles. The monoisotopic (exact) mass is 394 g/mol. The minimum atomic E-state index is 0.675. The Balaban J connectivity index is 0. The number of rotatable bonds is 6. The van der Waals surface area contributed by atoms with Crippen LogP contribution in [0.4, 0.5) is 0 Å². The van der Waals surface area contributed by atoms with Crippen LogP contribution in [0.2, 0.25) is 0 Å². The smallest absolute Gasteiger partial charge is 0.216 e. The van der Waals surface area contributed by atoms with Crippen molar-refractivity contribution < 1.29 is 4.42 Å². The Labute approximate surface area is 174 Å². The molecule has 5 heteroatoms. The Hall–Kier alpha value is -1.46. The van der Waals surface area contributed by atoms with Crippen molar-refractivity contribution in [1.29, 1.82) is 0 Å². The number of unbranched alkanes of at least 4 members (excludes halogenated alkanes) is 1. The normalized spacial score (nSPS) is 14.9. The van der Waals surface area contributed by atoms with Gasteiger partial charge in [-0.15, -0.1) is 10.2 Å². The zero-order valence-corrected chi connectivity index (χ0v) is 19.5. The highest BCUT2D eigenvalue weighted by Crippen LogP contribution is 2.21. The molecule has 0 spiro atoms. The van der Waals surface area contributed by atoms with Gasteiger partial charge in [-0.2, -0.15) is 0 Å². The number of piperidine rings is 1. The molecular formula is C23H46N4O. The standard InChI is InChI=1S/C11H19N3O.C8H14.C3H8.CH5N/c1-9(2)14-5-3-10(4-6-14)7-11-13-12-8-15-11;1-3-5-7-8-6-4-2;1-3-2;1-2/h8-10H,3-7H2,1-2H3;3-6H,7-8H2,1-2H3;3H2,1-2H3;2H2,1H3/b;5-3-,6-4+;;. The van der Waals surface area contributed by atoms with Gasteiger partial charge in [-0.1, -0.05) is 44.6 Å². The van der Waals surface area contributed by atoms with Gasteiger partial charge in [-0.25, -0.2) is 0 Å². The van der Waals surface area contributed by atoms with Gasteiger partial charge >= 0.3 is 0 Å². The van der Waals surface area contributed by atoms with Crippen LogP contribution in [-0.2, 0) is 6.42 Å². The molecule has 2 heterocycles. The third kappa shape index (κ3) is 16.7. The first-order valence-electron chi connectivity index (χ1n) is 10.9. The Kier molecular flexibility index (Phi) is 22.4. The molecule has 5 nitrogen and oxygen atoms in total. The number of allylic oxidation sites excluding steroid dienone is 4. The second-order valence-corrected chi connectivity index (χ2v) is 7.03. The van der Waals surface area contributed by atoms with E-state index in [4.69, 9.17) is 4.42 Å². The summed E-state index contributed by atoms with van der Waals surface area (Å²) in [5.41, 5.74) is 4.50. The fraction of sp³-hybridized carbons (Fsp3) is 0.739. The first kappa shape index (κ1) is 28.7. The molecule has 1 aromatic heterocycles. The summed E-state index contributed by atoms with van der Waals surface area (Å²) in [5.74, 6) is 1.51. The lowest BCUT2D eigenvalue weighted by molar-refractivity contribution is 0.146. The molecule has 0 aromatic carbocycles. The first-order valence-corrected chi connectivity index (χ1v) is 10.9. The van der Waals surface area contributed by atoms with Crippen LogP contribution in [0.3, 0.4) is 0 Å². The van der Waals surface area contributed by atoms with Crippen LogP contribution in [0.5, 0.6) is 0 Å². The molecule has 0 atom stereocenters. The van der Waals surface area contributed by atoms with Crippen molar-refractivity contribution >= 4 is 0 Å². The number of aromatic nitrogens is 2. The number of nitrogens with zero attached hydrogens (tertiary/aromatic N) is 3. The van der Waals surface area contributed by atoms with Gasteiger partial charge in [0.2, 0.25) is 12.3 Å². The van der Waals surface area contributed by atoms with Crippen LogP contribution in [0.25, 0.3) is 0 Å².